The fourth-order valence-corrected chi connectivity index (χ4v) is 2.46. The van der Waals surface area contributed by atoms with Gasteiger partial charge in [-0.15, -0.1) is 0 Å². The van der Waals surface area contributed by atoms with E-state index in [4.69, 9.17) is 21.1 Å². The maximum atomic E-state index is 12.1. The first kappa shape index (κ1) is 18.9. The number of hydrogen-bond donors (Lipinski definition) is 2. The maximum Gasteiger partial charge on any atom is 0.226 e. The molecule has 2 aromatic carbocycles. The molecule has 0 unspecified atom stereocenters. The monoisotopic (exact) mass is 362 g/mol. The number of aryl methyl sites for hydroxylation is 1. The van der Waals surface area contributed by atoms with Crippen molar-refractivity contribution >= 4 is 28.9 Å². The minimum atomic E-state index is -0.0682. The molecule has 25 heavy (non-hydrogen) atoms. The summed E-state index contributed by atoms with van der Waals surface area (Å²) in [6.07, 6.45) is 0.331. The van der Waals surface area contributed by atoms with Gasteiger partial charge in [-0.1, -0.05) is 11.6 Å². The highest BCUT2D eigenvalue weighted by Gasteiger charge is 2.08. The second kappa shape index (κ2) is 9.18. The first-order valence-electron chi connectivity index (χ1n) is 8.14. The third kappa shape index (κ3) is 5.57. The van der Waals surface area contributed by atoms with Gasteiger partial charge in [-0.3, -0.25) is 4.79 Å². The molecule has 2 N–H and O–H groups in total. The van der Waals surface area contributed by atoms with Crippen LogP contribution in [0.2, 0.25) is 5.02 Å². The fourth-order valence-electron chi connectivity index (χ4n) is 2.31. The van der Waals surface area contributed by atoms with Gasteiger partial charge in [-0.25, -0.2) is 0 Å². The van der Waals surface area contributed by atoms with Gasteiger partial charge < -0.3 is 20.1 Å². The number of carbonyl (C=O) groups is 1. The van der Waals surface area contributed by atoms with Crippen molar-refractivity contribution in [1.82, 2.24) is 0 Å². The quantitative estimate of drug-likeness (QED) is 0.726. The molecule has 134 valence electrons. The van der Waals surface area contributed by atoms with Gasteiger partial charge >= 0.3 is 0 Å². The molecule has 0 radical (unpaired) electrons. The summed E-state index contributed by atoms with van der Waals surface area (Å²) in [4.78, 5) is 12.1. The molecule has 0 bridgehead atoms. The van der Waals surface area contributed by atoms with Crippen LogP contribution >= 0.6 is 11.6 Å². The van der Waals surface area contributed by atoms with Gasteiger partial charge in [0.25, 0.3) is 0 Å². The zero-order valence-electron chi connectivity index (χ0n) is 14.7. The summed E-state index contributed by atoms with van der Waals surface area (Å²) in [5, 5.41) is 6.72. The predicted octanol–water partition coefficient (Wildman–Crippen LogP) is 4.50. The van der Waals surface area contributed by atoms with Crippen LogP contribution in [0.15, 0.2) is 36.4 Å². The Hall–Kier alpha value is -2.40. The summed E-state index contributed by atoms with van der Waals surface area (Å²) in [7, 11) is 1.59. The van der Waals surface area contributed by atoms with E-state index in [1.807, 2.05) is 44.2 Å². The Balaban J connectivity index is 1.85. The molecular formula is C19H23ClN2O3. The number of hydrogen-bond acceptors (Lipinski definition) is 4. The molecule has 6 heteroatoms. The van der Waals surface area contributed by atoms with Crippen LogP contribution in [0.4, 0.5) is 11.4 Å². The lowest BCUT2D eigenvalue weighted by atomic mass is 10.2. The number of methoxy groups -OCH3 is 1. The second-order valence-corrected chi connectivity index (χ2v) is 5.89. The highest BCUT2D eigenvalue weighted by atomic mass is 35.5. The summed E-state index contributed by atoms with van der Waals surface area (Å²) in [5.41, 5.74) is 2.51. The Morgan fingerprint density at radius 2 is 1.92 bits per heavy atom. The Morgan fingerprint density at radius 3 is 2.56 bits per heavy atom. The van der Waals surface area contributed by atoms with Gasteiger partial charge in [0.2, 0.25) is 5.91 Å². The number of amides is 1. The Labute approximate surface area is 153 Å². The van der Waals surface area contributed by atoms with E-state index in [9.17, 15) is 4.79 Å². The predicted molar refractivity (Wildman–Crippen MR) is 102 cm³/mol. The third-order valence-electron chi connectivity index (χ3n) is 3.60. The number of halogens is 1. The molecular weight excluding hydrogens is 340 g/mol. The van der Waals surface area contributed by atoms with Crippen molar-refractivity contribution < 1.29 is 14.3 Å². The van der Waals surface area contributed by atoms with Gasteiger partial charge in [0.05, 0.1) is 19.4 Å². The molecule has 2 aromatic rings. The van der Waals surface area contributed by atoms with E-state index < -0.39 is 0 Å². The molecule has 0 aromatic heterocycles. The molecule has 0 aliphatic heterocycles. The third-order valence-corrected chi connectivity index (χ3v) is 4.00. The van der Waals surface area contributed by atoms with Crippen molar-refractivity contribution in [3.05, 3.63) is 47.0 Å². The summed E-state index contributed by atoms with van der Waals surface area (Å²) >= 11 is 6.09. The molecule has 0 fully saturated rings. The topological polar surface area (TPSA) is 59.6 Å². The van der Waals surface area contributed by atoms with E-state index >= 15 is 0 Å². The summed E-state index contributed by atoms with van der Waals surface area (Å²) in [6.45, 7) is 4.96. The molecule has 1 amide bonds. The van der Waals surface area contributed by atoms with E-state index in [-0.39, 0.29) is 5.91 Å². The molecule has 0 aliphatic carbocycles. The molecule has 5 nitrogen and oxygen atoms in total. The maximum absolute atomic E-state index is 12.1. The molecule has 0 saturated heterocycles. The van der Waals surface area contributed by atoms with Crippen LogP contribution in [-0.4, -0.2) is 26.2 Å². The Bertz CT molecular complexity index is 717. The highest BCUT2D eigenvalue weighted by Crippen LogP contribution is 2.30. The Kier molecular flexibility index (Phi) is 6.95. The molecule has 0 aliphatic rings. The van der Waals surface area contributed by atoms with E-state index in [1.165, 1.54) is 0 Å². The number of nitrogens with one attached hydrogen (secondary N) is 2. The van der Waals surface area contributed by atoms with Gasteiger partial charge in [0.15, 0.2) is 0 Å². The van der Waals surface area contributed by atoms with Crippen molar-refractivity contribution in [1.29, 1.82) is 0 Å². The second-order valence-electron chi connectivity index (χ2n) is 5.48. The van der Waals surface area contributed by atoms with Crippen LogP contribution in [0.25, 0.3) is 0 Å². The number of rotatable bonds is 8. The molecule has 0 spiro atoms. The average Bonchev–Trinajstić information content (AvgIpc) is 2.59. The van der Waals surface area contributed by atoms with Gasteiger partial charge in [-0.2, -0.15) is 0 Å². The summed E-state index contributed by atoms with van der Waals surface area (Å²) in [5.74, 6) is 1.37. The van der Waals surface area contributed by atoms with Gasteiger partial charge in [0.1, 0.15) is 11.5 Å². The molecule has 2 rings (SSSR count). The normalized spacial score (nSPS) is 10.2. The average molecular weight is 363 g/mol. The van der Waals surface area contributed by atoms with Crippen molar-refractivity contribution in [2.75, 3.05) is 30.9 Å². The van der Waals surface area contributed by atoms with E-state index in [1.54, 1.807) is 13.2 Å². The zero-order valence-corrected chi connectivity index (χ0v) is 15.4. The molecule has 0 atom stereocenters. The Morgan fingerprint density at radius 1 is 1.20 bits per heavy atom. The zero-order chi connectivity index (χ0) is 18.2. The minimum Gasteiger partial charge on any atom is -0.495 e. The molecule has 0 saturated carbocycles. The van der Waals surface area contributed by atoms with Crippen LogP contribution in [0.5, 0.6) is 11.5 Å². The van der Waals surface area contributed by atoms with Crippen LogP contribution in [0, 0.1) is 6.92 Å². The number of ether oxygens (including phenoxy) is 2. The van der Waals surface area contributed by atoms with Crippen molar-refractivity contribution in [3.63, 3.8) is 0 Å². The fraction of sp³-hybridized carbons (Fsp3) is 0.316. The SMILES string of the molecule is CCOc1ccc(NC(=O)CCNc2cc(C)c(Cl)cc2OC)cc1. The standard InChI is InChI=1S/C19H23ClN2O3/c1-4-25-15-7-5-14(6-8-15)22-19(23)9-10-21-17-11-13(2)16(20)12-18(17)24-3/h5-8,11-12,21H,4,9-10H2,1-3H3,(H,22,23). The first-order valence-corrected chi connectivity index (χ1v) is 8.52. The number of carbonyl (C=O) groups excluding carboxylic acids is 1. The number of benzene rings is 2. The van der Waals surface area contributed by atoms with Crippen molar-refractivity contribution in [3.8, 4) is 11.5 Å². The van der Waals surface area contributed by atoms with Crippen LogP contribution in [-0.2, 0) is 4.79 Å². The summed E-state index contributed by atoms with van der Waals surface area (Å²) in [6, 6.07) is 11.0. The molecule has 0 heterocycles. The largest absolute Gasteiger partial charge is 0.495 e. The van der Waals surface area contributed by atoms with Gasteiger partial charge in [-0.05, 0) is 49.7 Å². The van der Waals surface area contributed by atoms with Gasteiger partial charge in [0, 0.05) is 29.7 Å². The lowest BCUT2D eigenvalue weighted by Crippen LogP contribution is -2.16. The van der Waals surface area contributed by atoms with Crippen LogP contribution in [0.3, 0.4) is 0 Å². The van der Waals surface area contributed by atoms with Crippen LogP contribution < -0.4 is 20.1 Å². The van der Waals surface area contributed by atoms with Crippen molar-refractivity contribution in [2.24, 2.45) is 0 Å². The van der Waals surface area contributed by atoms with E-state index in [2.05, 4.69) is 10.6 Å². The summed E-state index contributed by atoms with van der Waals surface area (Å²) < 4.78 is 10.7. The smallest absolute Gasteiger partial charge is 0.226 e. The van der Waals surface area contributed by atoms with E-state index in [0.29, 0.717) is 30.3 Å². The lowest BCUT2D eigenvalue weighted by molar-refractivity contribution is -0.115. The van der Waals surface area contributed by atoms with E-state index in [0.717, 1.165) is 22.7 Å². The highest BCUT2D eigenvalue weighted by molar-refractivity contribution is 6.31. The first-order chi connectivity index (χ1) is 12.0. The lowest BCUT2D eigenvalue weighted by Gasteiger charge is -2.13. The van der Waals surface area contributed by atoms with Crippen LogP contribution in [0.1, 0.15) is 18.9 Å². The minimum absolute atomic E-state index is 0.0682. The van der Waals surface area contributed by atoms with Crippen molar-refractivity contribution in [2.45, 2.75) is 20.3 Å². The number of anilines is 2.